The molecule has 0 atom stereocenters. The average molecular weight is 573 g/mol. The summed E-state index contributed by atoms with van der Waals surface area (Å²) in [5.41, 5.74) is 2.75. The van der Waals surface area contributed by atoms with Gasteiger partial charge in [-0.3, -0.25) is 4.79 Å². The number of piperidine rings is 1. The Morgan fingerprint density at radius 2 is 1.57 bits per heavy atom. The second-order valence-corrected chi connectivity index (χ2v) is 11.1. The molecule has 1 fully saturated rings. The van der Waals surface area contributed by atoms with Crippen LogP contribution in [0.15, 0.2) is 66.7 Å². The van der Waals surface area contributed by atoms with Crippen molar-refractivity contribution in [1.82, 2.24) is 10.2 Å². The number of hydrogen-bond donors (Lipinski definition) is 3. The predicted octanol–water partition coefficient (Wildman–Crippen LogP) is 7.60. The molecule has 3 amide bonds. The van der Waals surface area contributed by atoms with Crippen molar-refractivity contribution in [3.05, 3.63) is 77.9 Å². The van der Waals surface area contributed by atoms with E-state index in [1.165, 1.54) is 0 Å². The van der Waals surface area contributed by atoms with Crippen LogP contribution in [-0.2, 0) is 0 Å². The highest BCUT2D eigenvalue weighted by atomic mass is 16.5. The zero-order valence-electron chi connectivity index (χ0n) is 25.4. The Morgan fingerprint density at radius 3 is 2.21 bits per heavy atom. The molecule has 1 heterocycles. The molecule has 0 bridgehead atoms. The number of rotatable bonds is 11. The van der Waals surface area contributed by atoms with Crippen LogP contribution in [0.2, 0.25) is 0 Å². The minimum atomic E-state index is -0.235. The first kappa shape index (κ1) is 30.9. The molecule has 224 valence electrons. The minimum Gasteiger partial charge on any atom is -0.490 e. The summed E-state index contributed by atoms with van der Waals surface area (Å²) in [6.45, 7) is 12.6. The second kappa shape index (κ2) is 14.7. The number of nitrogens with one attached hydrogen (secondary N) is 3. The van der Waals surface area contributed by atoms with Crippen LogP contribution in [0.5, 0.6) is 17.2 Å². The number of urea groups is 1. The van der Waals surface area contributed by atoms with Crippen LogP contribution in [-0.4, -0.2) is 48.1 Å². The highest BCUT2D eigenvalue weighted by Gasteiger charge is 2.22. The van der Waals surface area contributed by atoms with E-state index in [-0.39, 0.29) is 24.1 Å². The Balaban J connectivity index is 1.30. The van der Waals surface area contributed by atoms with Gasteiger partial charge in [0.05, 0.1) is 0 Å². The highest BCUT2D eigenvalue weighted by molar-refractivity contribution is 6.04. The maximum Gasteiger partial charge on any atom is 0.319 e. The molecule has 3 N–H and O–H groups in total. The van der Waals surface area contributed by atoms with Crippen LogP contribution in [0.3, 0.4) is 0 Å². The first-order chi connectivity index (χ1) is 20.2. The summed E-state index contributed by atoms with van der Waals surface area (Å²) >= 11 is 0. The van der Waals surface area contributed by atoms with Gasteiger partial charge < -0.3 is 30.3 Å². The summed E-state index contributed by atoms with van der Waals surface area (Å²) in [6.07, 6.45) is 3.99. The van der Waals surface area contributed by atoms with Gasteiger partial charge in [0.1, 0.15) is 23.4 Å². The van der Waals surface area contributed by atoms with Crippen LogP contribution in [0.1, 0.15) is 69.3 Å². The van der Waals surface area contributed by atoms with E-state index in [4.69, 9.17) is 9.47 Å². The molecule has 8 heteroatoms. The number of carbonyl (C=O) groups excluding carboxylic acids is 2. The van der Waals surface area contributed by atoms with E-state index >= 15 is 0 Å². The molecule has 0 radical (unpaired) electrons. The summed E-state index contributed by atoms with van der Waals surface area (Å²) in [5.74, 6) is 1.86. The van der Waals surface area contributed by atoms with Gasteiger partial charge in [0.25, 0.3) is 5.91 Å². The van der Waals surface area contributed by atoms with Crippen LogP contribution in [0.25, 0.3) is 0 Å². The van der Waals surface area contributed by atoms with Gasteiger partial charge in [0.2, 0.25) is 0 Å². The fraction of sp³-hybridized carbons (Fsp3) is 0.412. The van der Waals surface area contributed by atoms with Crippen molar-refractivity contribution >= 4 is 23.3 Å². The third-order valence-corrected chi connectivity index (χ3v) is 7.70. The van der Waals surface area contributed by atoms with Gasteiger partial charge in [-0.25, -0.2) is 4.79 Å². The third-order valence-electron chi connectivity index (χ3n) is 7.70. The number of anilines is 2. The van der Waals surface area contributed by atoms with E-state index in [1.807, 2.05) is 69.3 Å². The quantitative estimate of drug-likeness (QED) is 0.220. The smallest absolute Gasteiger partial charge is 0.319 e. The summed E-state index contributed by atoms with van der Waals surface area (Å²) in [7, 11) is 0. The number of aryl methyl sites for hydroxylation is 1. The van der Waals surface area contributed by atoms with E-state index < -0.39 is 0 Å². The lowest BCUT2D eigenvalue weighted by Crippen LogP contribution is -2.41. The van der Waals surface area contributed by atoms with Crippen LogP contribution < -0.4 is 25.4 Å². The molecule has 3 aromatic carbocycles. The average Bonchev–Trinajstić information content (AvgIpc) is 2.98. The third kappa shape index (κ3) is 8.73. The highest BCUT2D eigenvalue weighted by Crippen LogP contribution is 2.29. The number of hydrogen-bond acceptors (Lipinski definition) is 5. The number of carbonyl (C=O) groups is 2. The number of ether oxygens (including phenoxy) is 2. The lowest BCUT2D eigenvalue weighted by atomic mass is 10.1. The normalized spacial score (nSPS) is 14.1. The lowest BCUT2D eigenvalue weighted by molar-refractivity contribution is 0.0843. The molecule has 4 rings (SSSR count). The summed E-state index contributed by atoms with van der Waals surface area (Å²) in [6, 6.07) is 20.6. The topological polar surface area (TPSA) is 91.9 Å². The molecule has 0 unspecified atom stereocenters. The Bertz CT molecular complexity index is 1330. The fourth-order valence-electron chi connectivity index (χ4n) is 5.04. The number of amides is 3. The first-order valence-corrected chi connectivity index (χ1v) is 15.0. The molecule has 3 aromatic rings. The van der Waals surface area contributed by atoms with Crippen LogP contribution >= 0.6 is 0 Å². The van der Waals surface area contributed by atoms with Gasteiger partial charge in [-0.1, -0.05) is 19.9 Å². The molecular formula is C34H44N4O4. The van der Waals surface area contributed by atoms with Crippen molar-refractivity contribution in [1.29, 1.82) is 0 Å². The molecule has 42 heavy (non-hydrogen) atoms. The maximum atomic E-state index is 12.9. The van der Waals surface area contributed by atoms with Crippen molar-refractivity contribution < 1.29 is 19.1 Å². The van der Waals surface area contributed by atoms with E-state index in [2.05, 4.69) is 34.7 Å². The first-order valence-electron chi connectivity index (χ1n) is 15.0. The SMILES string of the molecule is CCC(CC)NC(=O)Nc1cccc(Oc2ccc(NC(=O)c3ccc(OC4CCN(C(C)C)CC4)cc3)cc2C)c1. The summed E-state index contributed by atoms with van der Waals surface area (Å²) in [5, 5.41) is 8.80. The van der Waals surface area contributed by atoms with Gasteiger partial charge in [-0.05, 0) is 107 Å². The molecule has 1 aliphatic heterocycles. The van der Waals surface area contributed by atoms with E-state index in [0.29, 0.717) is 34.5 Å². The second-order valence-electron chi connectivity index (χ2n) is 11.1. The largest absolute Gasteiger partial charge is 0.490 e. The molecule has 0 aromatic heterocycles. The van der Waals surface area contributed by atoms with Gasteiger partial charge in [-0.15, -0.1) is 0 Å². The van der Waals surface area contributed by atoms with Crippen molar-refractivity contribution in [3.63, 3.8) is 0 Å². The van der Waals surface area contributed by atoms with Gasteiger partial charge >= 0.3 is 6.03 Å². The Kier molecular flexibility index (Phi) is 10.8. The fourth-order valence-corrected chi connectivity index (χ4v) is 5.04. The van der Waals surface area contributed by atoms with E-state index in [9.17, 15) is 9.59 Å². The molecule has 0 spiro atoms. The molecule has 1 aliphatic rings. The lowest BCUT2D eigenvalue weighted by Gasteiger charge is -2.34. The van der Waals surface area contributed by atoms with Crippen molar-refractivity contribution in [2.75, 3.05) is 23.7 Å². The number of nitrogens with zero attached hydrogens (tertiary/aromatic N) is 1. The maximum absolute atomic E-state index is 12.9. The Hall–Kier alpha value is -4.04. The zero-order chi connectivity index (χ0) is 30.1. The Labute approximate surface area is 249 Å². The molecular weight excluding hydrogens is 528 g/mol. The number of benzene rings is 3. The Morgan fingerprint density at radius 1 is 0.881 bits per heavy atom. The van der Waals surface area contributed by atoms with Gasteiger partial charge in [0, 0.05) is 48.2 Å². The minimum absolute atomic E-state index is 0.141. The molecule has 0 aliphatic carbocycles. The monoisotopic (exact) mass is 572 g/mol. The standard InChI is InChI=1S/C34H44N4O4/c1-6-26(7-2)36-34(40)37-27-9-8-10-31(22-27)42-32-16-13-28(21-24(32)5)35-33(39)25-11-14-29(15-12-25)41-30-17-19-38(20-18-30)23(3)4/h8-16,21-23,26,30H,6-7,17-20H2,1-5H3,(H,35,39)(H2,36,37,40). The van der Waals surface area contributed by atoms with E-state index in [1.54, 1.807) is 18.2 Å². The van der Waals surface area contributed by atoms with Crippen molar-refractivity contribution in [3.8, 4) is 17.2 Å². The van der Waals surface area contributed by atoms with Crippen LogP contribution in [0, 0.1) is 6.92 Å². The van der Waals surface area contributed by atoms with Gasteiger partial charge in [-0.2, -0.15) is 0 Å². The summed E-state index contributed by atoms with van der Waals surface area (Å²) < 4.78 is 12.3. The number of likely N-dealkylation sites (tertiary alicyclic amines) is 1. The van der Waals surface area contributed by atoms with E-state index in [0.717, 1.165) is 50.1 Å². The predicted molar refractivity (Wildman–Crippen MR) is 169 cm³/mol. The van der Waals surface area contributed by atoms with Crippen molar-refractivity contribution in [2.45, 2.75) is 78.5 Å². The molecule has 8 nitrogen and oxygen atoms in total. The van der Waals surface area contributed by atoms with Crippen molar-refractivity contribution in [2.24, 2.45) is 0 Å². The van der Waals surface area contributed by atoms with Gasteiger partial charge in [0.15, 0.2) is 0 Å². The zero-order valence-corrected chi connectivity index (χ0v) is 25.4. The summed E-state index contributed by atoms with van der Waals surface area (Å²) in [4.78, 5) is 27.7. The molecule has 0 saturated carbocycles. The molecule has 1 saturated heterocycles. The van der Waals surface area contributed by atoms with Crippen LogP contribution in [0.4, 0.5) is 16.2 Å².